The summed E-state index contributed by atoms with van der Waals surface area (Å²) < 4.78 is 1.12. The summed E-state index contributed by atoms with van der Waals surface area (Å²) in [4.78, 5) is 11.4. The molecule has 0 aliphatic heterocycles. The molecule has 0 aliphatic carbocycles. The van der Waals surface area contributed by atoms with Gasteiger partial charge in [-0.3, -0.25) is 0 Å². The number of aliphatic carboxylic acids is 1. The molecule has 3 heteroatoms. The molecule has 0 radical (unpaired) electrons. The third-order valence-electron chi connectivity index (χ3n) is 8.04. The lowest BCUT2D eigenvalue weighted by molar-refractivity contribution is -0.870. The standard InChI is InChI=1S/C19H42N.C18H36O2/c1-5-6-7-8-9-10-11-12-13-14-15-16-17-18-19-20(2,3)4;1-13(11-17(3,4)5)9-10-15(16(19)20)14(2)12-18(6,7)8/h5-19H2,1-4H3;13-15H,9-12H2,1-8H3,(H,19,20)/q+1;/p-1. The van der Waals surface area contributed by atoms with Crippen LogP contribution in [0, 0.1) is 28.6 Å². The van der Waals surface area contributed by atoms with E-state index in [4.69, 9.17) is 0 Å². The number of carboxylic acid groups (broad SMARTS) is 1. The number of carbonyl (C=O) groups excluding carboxylic acids is 1. The van der Waals surface area contributed by atoms with Gasteiger partial charge < -0.3 is 14.4 Å². The van der Waals surface area contributed by atoms with E-state index >= 15 is 0 Å². The first-order valence-electron chi connectivity index (χ1n) is 17.4. The molecule has 0 fully saturated rings. The van der Waals surface area contributed by atoms with Gasteiger partial charge in [-0.1, -0.05) is 146 Å². The molecule has 0 aromatic heterocycles. The number of carboxylic acids is 1. The Labute approximate surface area is 254 Å². The van der Waals surface area contributed by atoms with Crippen LogP contribution in [-0.2, 0) is 4.79 Å². The summed E-state index contributed by atoms with van der Waals surface area (Å²) >= 11 is 0. The van der Waals surface area contributed by atoms with Crippen LogP contribution >= 0.6 is 0 Å². The molecule has 0 heterocycles. The SMILES string of the molecule is CC(CCC(C(=O)[O-])C(C)CC(C)(C)C)CC(C)(C)C.CCCCCCCCCCCCCCCC[N+](C)(C)C. The van der Waals surface area contributed by atoms with E-state index in [9.17, 15) is 9.90 Å². The summed E-state index contributed by atoms with van der Waals surface area (Å²) in [5, 5.41) is 11.4. The number of unbranched alkanes of at least 4 members (excludes halogenated alkanes) is 13. The van der Waals surface area contributed by atoms with Crippen molar-refractivity contribution in [3.05, 3.63) is 0 Å². The van der Waals surface area contributed by atoms with Gasteiger partial charge in [0.05, 0.1) is 27.7 Å². The lowest BCUT2D eigenvalue weighted by Gasteiger charge is -2.31. The Morgan fingerprint density at radius 1 is 0.625 bits per heavy atom. The van der Waals surface area contributed by atoms with E-state index in [-0.39, 0.29) is 17.3 Å². The predicted molar refractivity (Wildman–Crippen MR) is 177 cm³/mol. The van der Waals surface area contributed by atoms with E-state index in [1.165, 1.54) is 96.4 Å². The van der Waals surface area contributed by atoms with Gasteiger partial charge in [0.25, 0.3) is 0 Å². The predicted octanol–water partition coefficient (Wildman–Crippen LogP) is 10.5. The molecule has 0 aliphatic rings. The molecular weight excluding hydrogens is 490 g/mol. The molecule has 3 nitrogen and oxygen atoms in total. The monoisotopic (exact) mass is 568 g/mol. The molecule has 0 saturated heterocycles. The van der Waals surface area contributed by atoms with Gasteiger partial charge in [-0.25, -0.2) is 0 Å². The Bertz CT molecular complexity index is 578. The lowest BCUT2D eigenvalue weighted by atomic mass is 9.76. The number of hydrogen-bond donors (Lipinski definition) is 0. The summed E-state index contributed by atoms with van der Waals surface area (Å²) in [5.74, 6) is -0.429. The Morgan fingerprint density at radius 2 is 1.00 bits per heavy atom. The highest BCUT2D eigenvalue weighted by Gasteiger charge is 2.25. The third-order valence-corrected chi connectivity index (χ3v) is 8.04. The van der Waals surface area contributed by atoms with Crippen LogP contribution in [0.25, 0.3) is 0 Å². The highest BCUT2D eigenvalue weighted by Crippen LogP contribution is 2.33. The van der Waals surface area contributed by atoms with Crippen LogP contribution in [0.2, 0.25) is 0 Å². The van der Waals surface area contributed by atoms with Crippen molar-refractivity contribution in [2.24, 2.45) is 28.6 Å². The van der Waals surface area contributed by atoms with Crippen molar-refractivity contribution in [1.82, 2.24) is 0 Å². The fourth-order valence-corrected chi connectivity index (χ4v) is 6.14. The minimum atomic E-state index is -0.871. The summed E-state index contributed by atoms with van der Waals surface area (Å²) in [6.07, 6.45) is 24.2. The average Bonchev–Trinajstić information content (AvgIpc) is 2.76. The molecule has 40 heavy (non-hydrogen) atoms. The maximum Gasteiger partial charge on any atom is 0.0780 e. The third kappa shape index (κ3) is 32.0. The first kappa shape index (κ1) is 41.6. The fourth-order valence-electron chi connectivity index (χ4n) is 6.14. The summed E-state index contributed by atoms with van der Waals surface area (Å²) in [6.45, 7) is 21.1. The first-order chi connectivity index (χ1) is 18.4. The van der Waals surface area contributed by atoms with E-state index in [0.29, 0.717) is 11.3 Å². The van der Waals surface area contributed by atoms with Crippen LogP contribution in [0.1, 0.15) is 178 Å². The fraction of sp³-hybridized carbons (Fsp3) is 0.973. The van der Waals surface area contributed by atoms with Crippen molar-refractivity contribution in [3.63, 3.8) is 0 Å². The zero-order valence-electron chi connectivity index (χ0n) is 29.9. The number of rotatable bonds is 22. The zero-order chi connectivity index (χ0) is 31.2. The second kappa shape index (κ2) is 23.0. The van der Waals surface area contributed by atoms with Crippen LogP contribution in [0.5, 0.6) is 0 Å². The first-order valence-corrected chi connectivity index (χ1v) is 17.4. The number of carbonyl (C=O) groups is 1. The van der Waals surface area contributed by atoms with Crippen LogP contribution in [0.15, 0.2) is 0 Å². The van der Waals surface area contributed by atoms with Crippen LogP contribution in [0.4, 0.5) is 0 Å². The average molecular weight is 568 g/mol. The minimum Gasteiger partial charge on any atom is -0.550 e. The van der Waals surface area contributed by atoms with Gasteiger partial charge in [0.15, 0.2) is 0 Å². The summed E-state index contributed by atoms with van der Waals surface area (Å²) in [6, 6.07) is 0. The molecule has 3 unspecified atom stereocenters. The number of quaternary nitrogens is 1. The van der Waals surface area contributed by atoms with E-state index in [2.05, 4.69) is 83.5 Å². The van der Waals surface area contributed by atoms with Crippen molar-refractivity contribution in [2.75, 3.05) is 27.7 Å². The zero-order valence-corrected chi connectivity index (χ0v) is 29.9. The Morgan fingerprint density at radius 3 is 1.32 bits per heavy atom. The molecule has 0 N–H and O–H groups in total. The van der Waals surface area contributed by atoms with Gasteiger partial charge in [0.1, 0.15) is 0 Å². The van der Waals surface area contributed by atoms with E-state index in [0.717, 1.165) is 30.2 Å². The molecule has 0 aromatic rings. The van der Waals surface area contributed by atoms with Gasteiger partial charge >= 0.3 is 0 Å². The lowest BCUT2D eigenvalue weighted by Crippen LogP contribution is -2.36. The molecule has 0 rings (SSSR count). The molecule has 242 valence electrons. The maximum atomic E-state index is 11.4. The van der Waals surface area contributed by atoms with Crippen LogP contribution in [0.3, 0.4) is 0 Å². The molecule has 0 aromatic carbocycles. The van der Waals surface area contributed by atoms with E-state index < -0.39 is 5.97 Å². The number of nitrogens with zero attached hydrogens (tertiary/aromatic N) is 1. The van der Waals surface area contributed by atoms with Gasteiger partial charge in [-0.15, -0.1) is 0 Å². The quantitative estimate of drug-likeness (QED) is 0.0964. The van der Waals surface area contributed by atoms with Gasteiger partial charge in [-0.05, 0) is 54.8 Å². The van der Waals surface area contributed by atoms with Gasteiger partial charge in [-0.2, -0.15) is 0 Å². The van der Waals surface area contributed by atoms with Gasteiger partial charge in [0, 0.05) is 11.9 Å². The second-order valence-electron chi connectivity index (χ2n) is 16.7. The normalized spacial score (nSPS) is 14.8. The van der Waals surface area contributed by atoms with Gasteiger partial charge in [0.2, 0.25) is 0 Å². The number of hydrogen-bond acceptors (Lipinski definition) is 2. The topological polar surface area (TPSA) is 40.1 Å². The van der Waals surface area contributed by atoms with Crippen molar-refractivity contribution in [2.45, 2.75) is 178 Å². The molecular formula is C37H77NO2. The van der Waals surface area contributed by atoms with E-state index in [1.807, 2.05) is 0 Å². The molecule has 0 saturated carbocycles. The largest absolute Gasteiger partial charge is 0.550 e. The Kier molecular flexibility index (Phi) is 23.9. The summed E-state index contributed by atoms with van der Waals surface area (Å²) in [7, 11) is 6.88. The molecule has 0 bridgehead atoms. The van der Waals surface area contributed by atoms with Crippen molar-refractivity contribution < 1.29 is 14.4 Å². The summed E-state index contributed by atoms with van der Waals surface area (Å²) in [5.41, 5.74) is 0.484. The smallest absolute Gasteiger partial charge is 0.0780 e. The maximum absolute atomic E-state index is 11.4. The Balaban J connectivity index is 0. The Hall–Kier alpha value is -0.570. The van der Waals surface area contributed by atoms with Crippen LogP contribution in [-0.4, -0.2) is 38.1 Å². The molecule has 3 atom stereocenters. The van der Waals surface area contributed by atoms with Crippen molar-refractivity contribution in [1.29, 1.82) is 0 Å². The highest BCUT2D eigenvalue weighted by atomic mass is 16.4. The van der Waals surface area contributed by atoms with Crippen molar-refractivity contribution in [3.8, 4) is 0 Å². The van der Waals surface area contributed by atoms with E-state index in [1.54, 1.807) is 0 Å². The van der Waals surface area contributed by atoms with Crippen molar-refractivity contribution >= 4 is 5.97 Å². The molecule has 0 amide bonds. The second-order valence-corrected chi connectivity index (χ2v) is 16.7. The van der Waals surface area contributed by atoms with Crippen LogP contribution < -0.4 is 5.11 Å². The highest BCUT2D eigenvalue weighted by molar-refractivity contribution is 5.67. The molecule has 0 spiro atoms. The minimum absolute atomic E-state index is 0.171.